The van der Waals surface area contributed by atoms with Crippen molar-refractivity contribution in [3.63, 3.8) is 0 Å². The second-order valence-electron chi connectivity index (χ2n) is 10.0. The Kier molecular flexibility index (Phi) is 11.2. The van der Waals surface area contributed by atoms with Crippen LogP contribution in [0.2, 0.25) is 0 Å². The average Bonchev–Trinajstić information content (AvgIpc) is 3.02. The van der Waals surface area contributed by atoms with Crippen LogP contribution in [0.5, 0.6) is 23.0 Å². The zero-order valence-corrected chi connectivity index (χ0v) is 25.8. The molecule has 0 saturated heterocycles. The Morgan fingerprint density at radius 2 is 0.413 bits per heavy atom. The van der Waals surface area contributed by atoms with Crippen molar-refractivity contribution in [2.24, 2.45) is 0 Å². The zero-order chi connectivity index (χ0) is 33.1. The maximum atomic E-state index is 11.0. The molecule has 0 amide bonds. The van der Waals surface area contributed by atoms with Gasteiger partial charge in [0.2, 0.25) is 0 Å². The summed E-state index contributed by atoms with van der Waals surface area (Å²) in [6.45, 7) is 5.49. The van der Waals surface area contributed by atoms with Gasteiger partial charge >= 0.3 is 23.9 Å². The summed E-state index contributed by atoms with van der Waals surface area (Å²) in [7, 11) is 0. The van der Waals surface area contributed by atoms with Gasteiger partial charge in [-0.2, -0.15) is 0 Å². The molecule has 0 radical (unpaired) electrons. The normalized spacial score (nSPS) is 10.1. The third-order valence-corrected chi connectivity index (χ3v) is 6.35. The minimum absolute atomic E-state index is 0.332. The standard InChI is InChI=1S/C22H18O4.C16H14O4/c1-15(23)25-21-11-7-19(8-12-21)17-3-5-18(6-4-17)20-9-13-22(14-10-20)26-16(2)24;1-11(17)19-15-7-3-13(4-8-15)14-5-9-16(10-6-14)20-12(2)18/h3-14H,1-2H3;3-10H,1-2H3. The van der Waals surface area contributed by atoms with Gasteiger partial charge in [-0.3, -0.25) is 19.2 Å². The number of hydrogen-bond donors (Lipinski definition) is 0. The quantitative estimate of drug-likeness (QED) is 0.134. The number of carbonyl (C=O) groups excluding carboxylic acids is 4. The van der Waals surface area contributed by atoms with E-state index in [0.717, 1.165) is 33.4 Å². The van der Waals surface area contributed by atoms with E-state index in [2.05, 4.69) is 0 Å². The minimum atomic E-state index is -0.344. The summed E-state index contributed by atoms with van der Waals surface area (Å²) in [4.78, 5) is 43.6. The Labute approximate surface area is 267 Å². The van der Waals surface area contributed by atoms with E-state index in [1.54, 1.807) is 48.5 Å². The van der Waals surface area contributed by atoms with Crippen molar-refractivity contribution in [3.05, 3.63) is 121 Å². The molecule has 0 fully saturated rings. The van der Waals surface area contributed by atoms with Gasteiger partial charge in [0, 0.05) is 27.7 Å². The number of carbonyl (C=O) groups is 4. The van der Waals surface area contributed by atoms with E-state index >= 15 is 0 Å². The number of rotatable bonds is 7. The maximum Gasteiger partial charge on any atom is 0.308 e. The Morgan fingerprint density at radius 1 is 0.283 bits per heavy atom. The maximum absolute atomic E-state index is 11.0. The topological polar surface area (TPSA) is 105 Å². The lowest BCUT2D eigenvalue weighted by Crippen LogP contribution is -2.01. The minimum Gasteiger partial charge on any atom is -0.427 e. The van der Waals surface area contributed by atoms with Crippen LogP contribution < -0.4 is 18.9 Å². The second kappa shape index (κ2) is 15.6. The van der Waals surface area contributed by atoms with Crippen molar-refractivity contribution in [1.82, 2.24) is 0 Å². The van der Waals surface area contributed by atoms with Gasteiger partial charge in [0.15, 0.2) is 0 Å². The fraction of sp³-hybridized carbons (Fsp3) is 0.105. The number of esters is 4. The summed E-state index contributed by atoms with van der Waals surface area (Å²) in [6, 6.07) is 37.3. The van der Waals surface area contributed by atoms with E-state index in [-0.39, 0.29) is 23.9 Å². The van der Waals surface area contributed by atoms with Crippen molar-refractivity contribution >= 4 is 23.9 Å². The van der Waals surface area contributed by atoms with Crippen LogP contribution in [0.1, 0.15) is 27.7 Å². The molecule has 8 heteroatoms. The van der Waals surface area contributed by atoms with Crippen molar-refractivity contribution in [2.45, 2.75) is 27.7 Å². The van der Waals surface area contributed by atoms with Gasteiger partial charge in [-0.05, 0) is 81.9 Å². The monoisotopic (exact) mass is 616 g/mol. The fourth-order valence-electron chi connectivity index (χ4n) is 4.38. The molecule has 0 aromatic heterocycles. The number of ether oxygens (including phenoxy) is 4. The van der Waals surface area contributed by atoms with E-state index in [0.29, 0.717) is 23.0 Å². The predicted octanol–water partition coefficient (Wildman–Crippen LogP) is 8.08. The van der Waals surface area contributed by atoms with Crippen molar-refractivity contribution in [3.8, 4) is 56.4 Å². The molecule has 232 valence electrons. The van der Waals surface area contributed by atoms with Gasteiger partial charge in [-0.15, -0.1) is 0 Å². The molecule has 0 heterocycles. The van der Waals surface area contributed by atoms with Gasteiger partial charge in [-0.1, -0.05) is 72.8 Å². The lowest BCUT2D eigenvalue weighted by Gasteiger charge is -2.07. The summed E-state index contributed by atoms with van der Waals surface area (Å²) in [6.07, 6.45) is 0. The Morgan fingerprint density at radius 3 is 0.543 bits per heavy atom. The average molecular weight is 617 g/mol. The molecule has 0 N–H and O–H groups in total. The lowest BCUT2D eigenvalue weighted by molar-refractivity contribution is -0.132. The van der Waals surface area contributed by atoms with Crippen molar-refractivity contribution in [2.75, 3.05) is 0 Å². The van der Waals surface area contributed by atoms with Gasteiger partial charge in [0.05, 0.1) is 0 Å². The fourth-order valence-corrected chi connectivity index (χ4v) is 4.38. The first kappa shape index (κ1) is 32.9. The molecule has 0 aliphatic rings. The van der Waals surface area contributed by atoms with Gasteiger partial charge in [-0.25, -0.2) is 0 Å². The molecule has 0 unspecified atom stereocenters. The Bertz CT molecular complexity index is 1650. The van der Waals surface area contributed by atoms with Crippen LogP contribution in [-0.2, 0) is 19.2 Å². The Hall–Kier alpha value is -6.02. The molecule has 0 saturated carbocycles. The van der Waals surface area contributed by atoms with E-state index in [4.69, 9.17) is 18.9 Å². The van der Waals surface area contributed by atoms with Crippen LogP contribution in [0, 0.1) is 0 Å². The van der Waals surface area contributed by atoms with E-state index in [9.17, 15) is 19.2 Å². The third kappa shape index (κ3) is 10.0. The first-order chi connectivity index (χ1) is 22.0. The molecular formula is C38H32O8. The summed E-state index contributed by atoms with van der Waals surface area (Å²) < 4.78 is 20.0. The molecule has 0 bridgehead atoms. The smallest absolute Gasteiger partial charge is 0.308 e. The van der Waals surface area contributed by atoms with Crippen LogP contribution in [0.3, 0.4) is 0 Å². The molecule has 5 rings (SSSR count). The van der Waals surface area contributed by atoms with Crippen molar-refractivity contribution < 1.29 is 38.1 Å². The predicted molar refractivity (Wildman–Crippen MR) is 174 cm³/mol. The first-order valence-electron chi connectivity index (χ1n) is 14.3. The molecule has 5 aromatic rings. The highest BCUT2D eigenvalue weighted by Crippen LogP contribution is 2.28. The highest BCUT2D eigenvalue weighted by atomic mass is 16.5. The summed E-state index contributed by atoms with van der Waals surface area (Å²) in [5.41, 5.74) is 6.18. The highest BCUT2D eigenvalue weighted by molar-refractivity contribution is 5.74. The second-order valence-corrected chi connectivity index (χ2v) is 10.0. The molecular weight excluding hydrogens is 584 g/mol. The van der Waals surface area contributed by atoms with Crippen LogP contribution in [0.25, 0.3) is 33.4 Å². The summed E-state index contributed by atoms with van der Waals surface area (Å²) >= 11 is 0. The summed E-state index contributed by atoms with van der Waals surface area (Å²) in [5, 5.41) is 0. The molecule has 5 aromatic carbocycles. The van der Waals surface area contributed by atoms with Crippen LogP contribution in [-0.4, -0.2) is 23.9 Å². The van der Waals surface area contributed by atoms with E-state index < -0.39 is 0 Å². The molecule has 8 nitrogen and oxygen atoms in total. The SMILES string of the molecule is CC(=O)Oc1ccc(-c2ccc(-c3ccc(OC(C)=O)cc3)cc2)cc1.CC(=O)Oc1ccc(-c2ccc(OC(C)=O)cc2)cc1. The van der Waals surface area contributed by atoms with E-state index in [1.165, 1.54) is 27.7 Å². The molecule has 46 heavy (non-hydrogen) atoms. The zero-order valence-electron chi connectivity index (χ0n) is 25.8. The molecule has 0 aliphatic heterocycles. The Balaban J connectivity index is 0.000000216. The van der Waals surface area contributed by atoms with Crippen LogP contribution in [0.15, 0.2) is 121 Å². The molecule has 0 atom stereocenters. The number of benzene rings is 5. The van der Waals surface area contributed by atoms with Crippen molar-refractivity contribution in [1.29, 1.82) is 0 Å². The van der Waals surface area contributed by atoms with Gasteiger partial charge in [0.1, 0.15) is 23.0 Å². The molecule has 0 aliphatic carbocycles. The van der Waals surface area contributed by atoms with Gasteiger partial charge in [0.25, 0.3) is 0 Å². The van der Waals surface area contributed by atoms with Crippen LogP contribution >= 0.6 is 0 Å². The van der Waals surface area contributed by atoms with E-state index in [1.807, 2.05) is 72.8 Å². The van der Waals surface area contributed by atoms with Gasteiger partial charge < -0.3 is 18.9 Å². The lowest BCUT2D eigenvalue weighted by atomic mass is 10.0. The molecule has 0 spiro atoms. The number of hydrogen-bond acceptors (Lipinski definition) is 8. The largest absolute Gasteiger partial charge is 0.427 e. The highest BCUT2D eigenvalue weighted by Gasteiger charge is 2.05. The van der Waals surface area contributed by atoms with Crippen LogP contribution in [0.4, 0.5) is 0 Å². The third-order valence-electron chi connectivity index (χ3n) is 6.35. The summed E-state index contributed by atoms with van der Waals surface area (Å²) in [5.74, 6) is 0.739. The first-order valence-corrected chi connectivity index (χ1v) is 14.3.